The third-order valence-electron chi connectivity index (χ3n) is 3.65. The van der Waals surface area contributed by atoms with Gasteiger partial charge in [-0.3, -0.25) is 0 Å². The lowest BCUT2D eigenvalue weighted by Gasteiger charge is -2.28. The maximum atomic E-state index is 9.29. The molecule has 4 heteroatoms. The quantitative estimate of drug-likeness (QED) is 0.656. The van der Waals surface area contributed by atoms with Gasteiger partial charge >= 0.3 is 0 Å². The largest absolute Gasteiger partial charge is 0.379 e. The molecule has 1 fully saturated rings. The summed E-state index contributed by atoms with van der Waals surface area (Å²) in [7, 11) is 1.89. The van der Waals surface area contributed by atoms with Crippen LogP contribution < -0.4 is 5.32 Å². The number of nitrogens with zero attached hydrogens (tertiary/aromatic N) is 1. The van der Waals surface area contributed by atoms with Crippen LogP contribution in [0.25, 0.3) is 0 Å². The molecule has 0 aliphatic heterocycles. The van der Waals surface area contributed by atoms with Gasteiger partial charge in [-0.05, 0) is 39.2 Å². The summed E-state index contributed by atoms with van der Waals surface area (Å²) in [5.41, 5.74) is -0.316. The molecule has 0 saturated heterocycles. The SMILES string of the molecule is CCOCCOCCC1CCCC1(C#N)NC. The number of nitriles is 1. The second-order valence-electron chi connectivity index (χ2n) is 4.52. The summed E-state index contributed by atoms with van der Waals surface area (Å²) in [5.74, 6) is 0.421. The van der Waals surface area contributed by atoms with Crippen molar-refractivity contribution in [3.05, 3.63) is 0 Å². The summed E-state index contributed by atoms with van der Waals surface area (Å²) in [6.07, 6.45) is 4.19. The second kappa shape index (κ2) is 7.65. The fourth-order valence-corrected chi connectivity index (χ4v) is 2.59. The molecule has 1 N–H and O–H groups in total. The summed E-state index contributed by atoms with van der Waals surface area (Å²) in [4.78, 5) is 0. The first-order valence-corrected chi connectivity index (χ1v) is 6.54. The molecule has 4 nitrogen and oxygen atoms in total. The second-order valence-corrected chi connectivity index (χ2v) is 4.52. The van der Waals surface area contributed by atoms with Crippen LogP contribution in [0.5, 0.6) is 0 Å². The van der Waals surface area contributed by atoms with Crippen molar-refractivity contribution >= 4 is 0 Å². The van der Waals surface area contributed by atoms with Gasteiger partial charge in [0.15, 0.2) is 0 Å². The molecule has 0 heterocycles. The van der Waals surface area contributed by atoms with E-state index >= 15 is 0 Å². The first-order valence-electron chi connectivity index (χ1n) is 6.54. The van der Waals surface area contributed by atoms with Crippen molar-refractivity contribution in [3.63, 3.8) is 0 Å². The number of hydrogen-bond acceptors (Lipinski definition) is 4. The normalized spacial score (nSPS) is 28.2. The van der Waals surface area contributed by atoms with Crippen LogP contribution in [0.15, 0.2) is 0 Å². The molecule has 17 heavy (non-hydrogen) atoms. The lowest BCUT2D eigenvalue weighted by atomic mass is 9.86. The highest BCUT2D eigenvalue weighted by molar-refractivity contribution is 5.13. The minimum Gasteiger partial charge on any atom is -0.379 e. The Morgan fingerprint density at radius 2 is 2.12 bits per heavy atom. The van der Waals surface area contributed by atoms with Crippen LogP contribution in [-0.4, -0.2) is 39.0 Å². The monoisotopic (exact) mass is 240 g/mol. The van der Waals surface area contributed by atoms with Gasteiger partial charge < -0.3 is 14.8 Å². The van der Waals surface area contributed by atoms with Crippen molar-refractivity contribution in [2.24, 2.45) is 5.92 Å². The molecule has 0 aromatic rings. The molecule has 1 saturated carbocycles. The van der Waals surface area contributed by atoms with Crippen LogP contribution in [-0.2, 0) is 9.47 Å². The third-order valence-corrected chi connectivity index (χ3v) is 3.65. The molecule has 0 amide bonds. The average molecular weight is 240 g/mol. The van der Waals surface area contributed by atoms with E-state index in [1.54, 1.807) is 0 Å². The van der Waals surface area contributed by atoms with Gasteiger partial charge in [0.25, 0.3) is 0 Å². The Morgan fingerprint density at radius 3 is 2.76 bits per heavy atom. The fraction of sp³-hybridized carbons (Fsp3) is 0.923. The summed E-state index contributed by atoms with van der Waals surface area (Å²) in [5, 5.41) is 12.5. The maximum Gasteiger partial charge on any atom is 0.109 e. The van der Waals surface area contributed by atoms with Crippen molar-refractivity contribution in [3.8, 4) is 6.07 Å². The van der Waals surface area contributed by atoms with Crippen LogP contribution >= 0.6 is 0 Å². The Kier molecular flexibility index (Phi) is 6.49. The fourth-order valence-electron chi connectivity index (χ4n) is 2.59. The third kappa shape index (κ3) is 3.95. The topological polar surface area (TPSA) is 54.3 Å². The summed E-state index contributed by atoms with van der Waals surface area (Å²) < 4.78 is 10.7. The zero-order valence-corrected chi connectivity index (χ0v) is 11.0. The number of ether oxygens (including phenoxy) is 2. The van der Waals surface area contributed by atoms with Crippen LogP contribution in [0.3, 0.4) is 0 Å². The maximum absolute atomic E-state index is 9.29. The standard InChI is InChI=1S/C13H24N2O2/c1-3-16-9-10-17-8-6-12-5-4-7-13(12,11-14)15-2/h12,15H,3-10H2,1-2H3. The van der Waals surface area contributed by atoms with Gasteiger partial charge in [0.05, 0.1) is 19.3 Å². The minimum absolute atomic E-state index is 0.316. The Morgan fingerprint density at radius 1 is 1.35 bits per heavy atom. The van der Waals surface area contributed by atoms with Crippen molar-refractivity contribution in [2.45, 2.75) is 38.1 Å². The van der Waals surface area contributed by atoms with Crippen LogP contribution in [0, 0.1) is 17.2 Å². The molecule has 1 rings (SSSR count). The number of nitrogens with one attached hydrogen (secondary N) is 1. The van der Waals surface area contributed by atoms with Gasteiger partial charge in [-0.2, -0.15) is 5.26 Å². The first-order chi connectivity index (χ1) is 8.29. The van der Waals surface area contributed by atoms with E-state index in [0.717, 1.165) is 38.9 Å². The Bertz CT molecular complexity index is 252. The van der Waals surface area contributed by atoms with Crippen LogP contribution in [0.4, 0.5) is 0 Å². The number of rotatable bonds is 8. The van der Waals surface area contributed by atoms with E-state index in [9.17, 15) is 5.26 Å². The Balaban J connectivity index is 2.20. The van der Waals surface area contributed by atoms with Crippen molar-refractivity contribution in [2.75, 3.05) is 33.5 Å². The molecule has 98 valence electrons. The molecule has 0 bridgehead atoms. The summed E-state index contributed by atoms with van der Waals surface area (Å²) >= 11 is 0. The van der Waals surface area contributed by atoms with Crippen molar-refractivity contribution in [1.29, 1.82) is 5.26 Å². The van der Waals surface area contributed by atoms with Gasteiger partial charge in [0, 0.05) is 13.2 Å². The zero-order valence-electron chi connectivity index (χ0n) is 11.0. The smallest absolute Gasteiger partial charge is 0.109 e. The predicted octanol–water partition coefficient (Wildman–Crippen LogP) is 1.71. The van der Waals surface area contributed by atoms with E-state index in [4.69, 9.17) is 9.47 Å². The Hall–Kier alpha value is -0.630. The lowest BCUT2D eigenvalue weighted by Crippen LogP contribution is -2.45. The predicted molar refractivity (Wildman–Crippen MR) is 66.7 cm³/mol. The average Bonchev–Trinajstić information content (AvgIpc) is 2.77. The van der Waals surface area contributed by atoms with Crippen LogP contribution in [0.2, 0.25) is 0 Å². The van der Waals surface area contributed by atoms with E-state index in [1.165, 1.54) is 0 Å². The molecule has 0 aromatic heterocycles. The van der Waals surface area contributed by atoms with Crippen LogP contribution in [0.1, 0.15) is 32.6 Å². The highest BCUT2D eigenvalue weighted by atomic mass is 16.5. The molecule has 2 atom stereocenters. The molecule has 1 aliphatic rings. The summed E-state index contributed by atoms with van der Waals surface area (Å²) in [6, 6.07) is 2.45. The molecule has 2 unspecified atom stereocenters. The van der Waals surface area contributed by atoms with Crippen molar-refractivity contribution in [1.82, 2.24) is 5.32 Å². The lowest BCUT2D eigenvalue weighted by molar-refractivity contribution is 0.0452. The van der Waals surface area contributed by atoms with E-state index in [0.29, 0.717) is 19.1 Å². The van der Waals surface area contributed by atoms with Gasteiger partial charge in [0.2, 0.25) is 0 Å². The van der Waals surface area contributed by atoms with E-state index in [1.807, 2.05) is 14.0 Å². The highest BCUT2D eigenvalue weighted by Crippen LogP contribution is 2.37. The molecular formula is C13H24N2O2. The minimum atomic E-state index is -0.316. The molecule has 1 aliphatic carbocycles. The van der Waals surface area contributed by atoms with Gasteiger partial charge in [-0.1, -0.05) is 6.42 Å². The van der Waals surface area contributed by atoms with E-state index < -0.39 is 0 Å². The molecule has 0 spiro atoms. The van der Waals surface area contributed by atoms with E-state index in [2.05, 4.69) is 11.4 Å². The van der Waals surface area contributed by atoms with Gasteiger partial charge in [-0.25, -0.2) is 0 Å². The Labute approximate surface area is 104 Å². The van der Waals surface area contributed by atoms with Gasteiger partial charge in [-0.15, -0.1) is 0 Å². The first kappa shape index (κ1) is 14.4. The molecule has 0 aromatic carbocycles. The zero-order chi connectivity index (χ0) is 12.6. The van der Waals surface area contributed by atoms with Gasteiger partial charge in [0.1, 0.15) is 5.54 Å². The summed E-state index contributed by atoms with van der Waals surface area (Å²) in [6.45, 7) is 4.76. The van der Waals surface area contributed by atoms with Crippen molar-refractivity contribution < 1.29 is 9.47 Å². The molecular weight excluding hydrogens is 216 g/mol. The number of hydrogen-bond donors (Lipinski definition) is 1. The van der Waals surface area contributed by atoms with E-state index in [-0.39, 0.29) is 5.54 Å². The highest BCUT2D eigenvalue weighted by Gasteiger charge is 2.41. The molecule has 0 radical (unpaired) electrons.